The van der Waals surface area contributed by atoms with Gasteiger partial charge in [0.15, 0.2) is 0 Å². The standard InChI is InChI=1S/C18H14FN3O3/c19-11-5-4-8-13(9-11)22-17(24)15-16(18(22)25)21(15)10-14(23)20-12-6-2-1-3-7-12/h1-9,15-16H,10H2,(H,20,23)/t15-,16-/m0/s1. The number of benzene rings is 2. The molecule has 2 saturated heterocycles. The third-order valence-corrected chi connectivity index (χ3v) is 4.32. The summed E-state index contributed by atoms with van der Waals surface area (Å²) in [7, 11) is 0. The fraction of sp³-hybridized carbons (Fsp3) is 0.167. The molecule has 0 spiro atoms. The van der Waals surface area contributed by atoms with E-state index in [2.05, 4.69) is 5.32 Å². The first-order valence-corrected chi connectivity index (χ1v) is 7.80. The van der Waals surface area contributed by atoms with Crippen molar-refractivity contribution >= 4 is 29.1 Å². The van der Waals surface area contributed by atoms with Crippen LogP contribution in [0.3, 0.4) is 0 Å². The second-order valence-corrected chi connectivity index (χ2v) is 5.97. The number of piperazine rings is 1. The first-order valence-electron chi connectivity index (χ1n) is 7.80. The van der Waals surface area contributed by atoms with Crippen LogP contribution in [0.5, 0.6) is 0 Å². The van der Waals surface area contributed by atoms with Gasteiger partial charge in [-0.15, -0.1) is 0 Å². The minimum atomic E-state index is -0.641. The van der Waals surface area contributed by atoms with Gasteiger partial charge < -0.3 is 5.32 Å². The summed E-state index contributed by atoms with van der Waals surface area (Å²) < 4.78 is 13.3. The third-order valence-electron chi connectivity index (χ3n) is 4.32. The van der Waals surface area contributed by atoms with Crippen molar-refractivity contribution in [2.75, 3.05) is 16.8 Å². The number of amides is 3. The van der Waals surface area contributed by atoms with E-state index in [-0.39, 0.29) is 18.1 Å². The first-order chi connectivity index (χ1) is 12.1. The molecule has 2 aromatic rings. The second-order valence-electron chi connectivity index (χ2n) is 5.97. The highest BCUT2D eigenvalue weighted by Crippen LogP contribution is 2.39. The van der Waals surface area contributed by atoms with E-state index in [0.717, 1.165) is 11.0 Å². The molecule has 3 amide bonds. The Morgan fingerprint density at radius 1 is 1.00 bits per heavy atom. The highest BCUT2D eigenvalue weighted by molar-refractivity contribution is 6.28. The predicted molar refractivity (Wildman–Crippen MR) is 88.2 cm³/mol. The molecule has 0 bridgehead atoms. The Morgan fingerprint density at radius 2 is 1.68 bits per heavy atom. The van der Waals surface area contributed by atoms with Crippen molar-refractivity contribution in [2.45, 2.75) is 12.1 Å². The predicted octanol–water partition coefficient (Wildman–Crippen LogP) is 1.39. The van der Waals surface area contributed by atoms with E-state index in [1.807, 2.05) is 6.07 Å². The molecular formula is C18H14FN3O3. The molecule has 126 valence electrons. The maximum absolute atomic E-state index is 13.3. The van der Waals surface area contributed by atoms with Gasteiger partial charge in [0.1, 0.15) is 17.9 Å². The number of anilines is 2. The van der Waals surface area contributed by atoms with Gasteiger partial charge in [-0.25, -0.2) is 9.29 Å². The lowest BCUT2D eigenvalue weighted by Crippen LogP contribution is -2.40. The van der Waals surface area contributed by atoms with Crippen molar-refractivity contribution in [3.05, 3.63) is 60.4 Å². The van der Waals surface area contributed by atoms with Gasteiger partial charge in [-0.05, 0) is 30.3 Å². The number of rotatable bonds is 4. The molecule has 1 N–H and O–H groups in total. The van der Waals surface area contributed by atoms with E-state index < -0.39 is 29.7 Å². The van der Waals surface area contributed by atoms with Crippen LogP contribution in [-0.2, 0) is 14.4 Å². The van der Waals surface area contributed by atoms with E-state index >= 15 is 0 Å². The monoisotopic (exact) mass is 339 g/mol. The molecule has 0 aromatic heterocycles. The third kappa shape index (κ3) is 2.68. The van der Waals surface area contributed by atoms with Gasteiger partial charge in [-0.3, -0.25) is 19.3 Å². The van der Waals surface area contributed by atoms with Crippen LogP contribution >= 0.6 is 0 Å². The molecule has 2 heterocycles. The van der Waals surface area contributed by atoms with Gasteiger partial charge in [0.2, 0.25) is 5.91 Å². The van der Waals surface area contributed by atoms with Crippen molar-refractivity contribution in [3.63, 3.8) is 0 Å². The van der Waals surface area contributed by atoms with Crippen LogP contribution in [0.1, 0.15) is 0 Å². The molecule has 0 unspecified atom stereocenters. The SMILES string of the molecule is O=C(CN1[C@@H]2C(=O)N(c3cccc(F)c3)C(=O)[C@H]21)Nc1ccccc1. The average Bonchev–Trinajstić information content (AvgIpc) is 3.21. The Labute approximate surface area is 142 Å². The number of hydrogen-bond donors (Lipinski definition) is 1. The van der Waals surface area contributed by atoms with Crippen molar-refractivity contribution < 1.29 is 18.8 Å². The molecule has 4 rings (SSSR count). The second kappa shape index (κ2) is 5.78. The van der Waals surface area contributed by atoms with E-state index in [4.69, 9.17) is 0 Å². The fourth-order valence-corrected chi connectivity index (χ4v) is 3.16. The zero-order chi connectivity index (χ0) is 17.6. The largest absolute Gasteiger partial charge is 0.325 e. The van der Waals surface area contributed by atoms with Gasteiger partial charge in [0.05, 0.1) is 12.2 Å². The van der Waals surface area contributed by atoms with Gasteiger partial charge in [-0.2, -0.15) is 0 Å². The van der Waals surface area contributed by atoms with Gasteiger partial charge in [0, 0.05) is 5.69 Å². The molecule has 2 aromatic carbocycles. The molecule has 0 saturated carbocycles. The number of nitrogens with one attached hydrogen (secondary N) is 1. The maximum atomic E-state index is 13.3. The van der Waals surface area contributed by atoms with Crippen LogP contribution in [0.4, 0.5) is 15.8 Å². The summed E-state index contributed by atoms with van der Waals surface area (Å²) in [6.07, 6.45) is 0. The van der Waals surface area contributed by atoms with Crippen LogP contribution in [0.15, 0.2) is 54.6 Å². The van der Waals surface area contributed by atoms with E-state index in [9.17, 15) is 18.8 Å². The summed E-state index contributed by atoms with van der Waals surface area (Å²) in [6, 6.07) is 13.0. The van der Waals surface area contributed by atoms with Crippen molar-refractivity contribution in [1.82, 2.24) is 4.90 Å². The zero-order valence-corrected chi connectivity index (χ0v) is 13.1. The summed E-state index contributed by atoms with van der Waals surface area (Å²) in [5, 5.41) is 2.72. The Morgan fingerprint density at radius 3 is 2.32 bits per heavy atom. The van der Waals surface area contributed by atoms with Crippen molar-refractivity contribution in [3.8, 4) is 0 Å². The number of nitrogens with zero attached hydrogens (tertiary/aromatic N) is 2. The number of carbonyl (C=O) groups excluding carboxylic acids is 3. The van der Waals surface area contributed by atoms with Crippen LogP contribution in [0.2, 0.25) is 0 Å². The minimum Gasteiger partial charge on any atom is -0.325 e. The number of para-hydroxylation sites is 1. The smallest absolute Gasteiger partial charge is 0.253 e. The number of hydrogen-bond acceptors (Lipinski definition) is 4. The van der Waals surface area contributed by atoms with Crippen LogP contribution in [-0.4, -0.2) is 41.2 Å². The molecule has 6 nitrogen and oxygen atoms in total. The Balaban J connectivity index is 1.42. The number of halogens is 1. The molecule has 0 aliphatic carbocycles. The van der Waals surface area contributed by atoms with Gasteiger partial charge in [0.25, 0.3) is 11.8 Å². The normalized spacial score (nSPS) is 24.2. The molecular weight excluding hydrogens is 325 g/mol. The van der Waals surface area contributed by atoms with E-state index in [0.29, 0.717) is 5.69 Å². The van der Waals surface area contributed by atoms with Gasteiger partial charge in [-0.1, -0.05) is 24.3 Å². The summed E-state index contributed by atoms with van der Waals surface area (Å²) in [5.74, 6) is -1.66. The molecule has 2 aliphatic heterocycles. The number of imide groups is 1. The Bertz CT molecular complexity index is 849. The molecule has 7 heteroatoms. The Kier molecular flexibility index (Phi) is 3.58. The van der Waals surface area contributed by atoms with Crippen LogP contribution in [0, 0.1) is 5.82 Å². The van der Waals surface area contributed by atoms with E-state index in [1.165, 1.54) is 18.2 Å². The summed E-state index contributed by atoms with van der Waals surface area (Å²) in [4.78, 5) is 39.5. The number of carbonyl (C=O) groups is 3. The highest BCUT2D eigenvalue weighted by atomic mass is 19.1. The van der Waals surface area contributed by atoms with Gasteiger partial charge >= 0.3 is 0 Å². The molecule has 0 radical (unpaired) electrons. The lowest BCUT2D eigenvalue weighted by Gasteiger charge is -2.19. The van der Waals surface area contributed by atoms with Crippen LogP contribution in [0.25, 0.3) is 0 Å². The first kappa shape index (κ1) is 15.5. The minimum absolute atomic E-state index is 0.0430. The van der Waals surface area contributed by atoms with E-state index in [1.54, 1.807) is 29.2 Å². The zero-order valence-electron chi connectivity index (χ0n) is 13.1. The highest BCUT2D eigenvalue weighted by Gasteiger charge is 2.66. The molecule has 2 atom stereocenters. The van der Waals surface area contributed by atoms with Crippen molar-refractivity contribution in [1.29, 1.82) is 0 Å². The fourth-order valence-electron chi connectivity index (χ4n) is 3.16. The molecule has 2 aliphatic rings. The molecule has 25 heavy (non-hydrogen) atoms. The summed E-state index contributed by atoms with van der Waals surface area (Å²) >= 11 is 0. The number of fused-ring (bicyclic) bond motifs is 1. The quantitative estimate of drug-likeness (QED) is 0.675. The maximum Gasteiger partial charge on any atom is 0.253 e. The van der Waals surface area contributed by atoms with Crippen molar-refractivity contribution in [2.24, 2.45) is 0 Å². The molecule has 2 fully saturated rings. The lowest BCUT2D eigenvalue weighted by atomic mass is 10.3. The summed E-state index contributed by atoms with van der Waals surface area (Å²) in [5.41, 5.74) is 0.870. The average molecular weight is 339 g/mol. The van der Waals surface area contributed by atoms with Crippen LogP contribution < -0.4 is 10.2 Å². The Hall–Kier alpha value is -3.06. The lowest BCUT2D eigenvalue weighted by molar-refractivity contribution is -0.124. The summed E-state index contributed by atoms with van der Waals surface area (Å²) in [6.45, 7) is -0.0430. The topological polar surface area (TPSA) is 69.5 Å².